The highest BCUT2D eigenvalue weighted by molar-refractivity contribution is 5.81. The van der Waals surface area contributed by atoms with Crippen LogP contribution in [0.2, 0.25) is 0 Å². The molecule has 0 spiro atoms. The van der Waals surface area contributed by atoms with Crippen molar-refractivity contribution in [2.24, 2.45) is 0 Å². The monoisotopic (exact) mass is 288 g/mol. The second-order valence-electron chi connectivity index (χ2n) is 4.33. The number of hydrogen-bond acceptors (Lipinski definition) is 3. The van der Waals surface area contributed by atoms with Crippen LogP contribution in [0.3, 0.4) is 0 Å². The Labute approximate surface area is 118 Å². The quantitative estimate of drug-likeness (QED) is 0.729. The van der Waals surface area contributed by atoms with E-state index in [1.807, 2.05) is 0 Å². The molecule has 21 heavy (non-hydrogen) atoms. The Morgan fingerprint density at radius 1 is 0.952 bits per heavy atom. The summed E-state index contributed by atoms with van der Waals surface area (Å²) >= 11 is 0. The van der Waals surface area contributed by atoms with Gasteiger partial charge in [-0.3, -0.25) is 4.79 Å². The third kappa shape index (κ3) is 2.50. The summed E-state index contributed by atoms with van der Waals surface area (Å²) in [6, 6.07) is 15.0. The molecular weight excluding hydrogens is 278 g/mol. The van der Waals surface area contributed by atoms with Crippen molar-refractivity contribution in [3.8, 4) is 17.1 Å². The number of ether oxygens (including phenoxy) is 1. The Morgan fingerprint density at radius 3 is 2.33 bits per heavy atom. The van der Waals surface area contributed by atoms with Gasteiger partial charge < -0.3 is 9.15 Å². The molecule has 0 aliphatic carbocycles. The van der Waals surface area contributed by atoms with Gasteiger partial charge in [0.25, 0.3) is 0 Å². The average Bonchev–Trinajstić information content (AvgIpc) is 2.50. The van der Waals surface area contributed by atoms with Crippen molar-refractivity contribution in [2.75, 3.05) is 0 Å². The predicted octanol–water partition coefficient (Wildman–Crippen LogP) is 4.06. The topological polar surface area (TPSA) is 39.4 Å². The van der Waals surface area contributed by atoms with Crippen molar-refractivity contribution in [2.45, 2.75) is 6.61 Å². The zero-order valence-electron chi connectivity index (χ0n) is 10.8. The molecule has 5 heteroatoms. The molecule has 0 atom stereocenters. The zero-order valence-corrected chi connectivity index (χ0v) is 10.8. The number of alkyl halides is 2. The van der Waals surface area contributed by atoms with Gasteiger partial charge in [-0.05, 0) is 12.1 Å². The number of fused-ring (bicyclic) bond motifs is 1. The van der Waals surface area contributed by atoms with E-state index < -0.39 is 17.8 Å². The maximum absolute atomic E-state index is 12.6. The van der Waals surface area contributed by atoms with E-state index in [1.165, 1.54) is 6.07 Å². The van der Waals surface area contributed by atoms with Crippen molar-refractivity contribution < 1.29 is 17.9 Å². The highest BCUT2D eigenvalue weighted by atomic mass is 19.3. The van der Waals surface area contributed by atoms with E-state index in [4.69, 9.17) is 4.42 Å². The van der Waals surface area contributed by atoms with E-state index in [9.17, 15) is 13.6 Å². The highest BCUT2D eigenvalue weighted by Crippen LogP contribution is 2.31. The molecule has 3 nitrogen and oxygen atoms in total. The third-order valence-corrected chi connectivity index (χ3v) is 3.00. The largest absolute Gasteiger partial charge is 0.452 e. The maximum atomic E-state index is 12.6. The molecule has 0 saturated carbocycles. The lowest BCUT2D eigenvalue weighted by Gasteiger charge is -2.10. The molecule has 0 unspecified atom stereocenters. The van der Waals surface area contributed by atoms with Gasteiger partial charge in [0.15, 0.2) is 5.76 Å². The number of rotatable bonds is 3. The fourth-order valence-electron chi connectivity index (χ4n) is 2.10. The molecule has 3 aromatic rings. The molecule has 1 aromatic heterocycles. The molecule has 106 valence electrons. The van der Waals surface area contributed by atoms with Gasteiger partial charge in [-0.25, -0.2) is 0 Å². The van der Waals surface area contributed by atoms with Crippen LogP contribution in [0.1, 0.15) is 0 Å². The summed E-state index contributed by atoms with van der Waals surface area (Å²) in [6.07, 6.45) is 0. The first-order valence-electron chi connectivity index (χ1n) is 6.23. The molecular formula is C16H10F2O3. The summed E-state index contributed by atoms with van der Waals surface area (Å²) in [5, 5.41) is 0.202. The van der Waals surface area contributed by atoms with E-state index >= 15 is 0 Å². The van der Waals surface area contributed by atoms with Gasteiger partial charge in [0, 0.05) is 5.56 Å². The van der Waals surface area contributed by atoms with Gasteiger partial charge >= 0.3 is 6.61 Å². The summed E-state index contributed by atoms with van der Waals surface area (Å²) in [7, 11) is 0. The molecule has 0 aliphatic heterocycles. The fourth-order valence-corrected chi connectivity index (χ4v) is 2.10. The summed E-state index contributed by atoms with van der Waals surface area (Å²) in [5.41, 5.74) is 0.204. The maximum Gasteiger partial charge on any atom is 0.387 e. The molecule has 0 saturated heterocycles. The molecule has 0 aliphatic rings. The number of para-hydroxylation sites is 1. The Hall–Kier alpha value is -2.69. The van der Waals surface area contributed by atoms with Crippen molar-refractivity contribution in [3.05, 3.63) is 64.8 Å². The van der Waals surface area contributed by atoms with Gasteiger partial charge in [0.1, 0.15) is 5.58 Å². The summed E-state index contributed by atoms with van der Waals surface area (Å²) in [6.45, 7) is -3.10. The number of benzene rings is 2. The second-order valence-corrected chi connectivity index (χ2v) is 4.33. The van der Waals surface area contributed by atoms with Crippen LogP contribution in [0.25, 0.3) is 22.3 Å². The first-order chi connectivity index (χ1) is 10.2. The van der Waals surface area contributed by atoms with Crippen LogP contribution in [0.5, 0.6) is 5.75 Å². The van der Waals surface area contributed by atoms with Gasteiger partial charge in [-0.2, -0.15) is 8.78 Å². The van der Waals surface area contributed by atoms with E-state index in [0.717, 1.165) is 0 Å². The van der Waals surface area contributed by atoms with Gasteiger partial charge in [0.2, 0.25) is 11.2 Å². The normalized spacial score (nSPS) is 11.0. The molecule has 0 bridgehead atoms. The summed E-state index contributed by atoms with van der Waals surface area (Å²) in [5.74, 6) is -0.477. The SMILES string of the molecule is O=c1c(OC(F)F)c(-c2ccccc2)oc2ccccc12. The van der Waals surface area contributed by atoms with Crippen molar-refractivity contribution in [1.29, 1.82) is 0 Å². The zero-order chi connectivity index (χ0) is 14.8. The summed E-state index contributed by atoms with van der Waals surface area (Å²) in [4.78, 5) is 12.3. The van der Waals surface area contributed by atoms with Crippen LogP contribution in [0, 0.1) is 0 Å². The smallest absolute Gasteiger partial charge is 0.387 e. The lowest BCUT2D eigenvalue weighted by atomic mass is 10.1. The Bertz CT molecular complexity index is 826. The van der Waals surface area contributed by atoms with E-state index in [2.05, 4.69) is 4.74 Å². The number of halogens is 2. The standard InChI is InChI=1S/C16H10F2O3/c17-16(18)21-15-13(19)11-8-4-5-9-12(11)20-14(15)10-6-2-1-3-7-10/h1-9,16H. The van der Waals surface area contributed by atoms with Crippen molar-refractivity contribution in [3.63, 3.8) is 0 Å². The highest BCUT2D eigenvalue weighted by Gasteiger charge is 2.20. The first-order valence-corrected chi connectivity index (χ1v) is 6.23. The summed E-state index contributed by atoms with van der Waals surface area (Å²) < 4.78 is 35.2. The second kappa shape index (κ2) is 5.36. The van der Waals surface area contributed by atoms with Gasteiger partial charge in [-0.15, -0.1) is 0 Å². The van der Waals surface area contributed by atoms with Crippen LogP contribution in [-0.4, -0.2) is 6.61 Å². The first kappa shape index (κ1) is 13.3. The van der Waals surface area contributed by atoms with Gasteiger partial charge in [0.05, 0.1) is 5.39 Å². The lowest BCUT2D eigenvalue weighted by Crippen LogP contribution is -2.13. The van der Waals surface area contributed by atoms with Gasteiger partial charge in [-0.1, -0.05) is 42.5 Å². The Kier molecular flexibility index (Phi) is 3.39. The number of hydrogen-bond donors (Lipinski definition) is 0. The van der Waals surface area contributed by atoms with E-state index in [0.29, 0.717) is 11.1 Å². The molecule has 0 fully saturated rings. The molecule has 1 heterocycles. The third-order valence-electron chi connectivity index (χ3n) is 3.00. The average molecular weight is 288 g/mol. The minimum atomic E-state index is -3.10. The molecule has 0 radical (unpaired) electrons. The van der Waals surface area contributed by atoms with Crippen molar-refractivity contribution in [1.82, 2.24) is 0 Å². The van der Waals surface area contributed by atoms with Crippen molar-refractivity contribution >= 4 is 11.0 Å². The minimum Gasteiger partial charge on any atom is -0.452 e. The van der Waals surface area contributed by atoms with Crippen LogP contribution in [0.4, 0.5) is 8.78 Å². The van der Waals surface area contributed by atoms with Crippen LogP contribution in [-0.2, 0) is 0 Å². The minimum absolute atomic E-state index is 0.000370. The molecule has 2 aromatic carbocycles. The Balaban J connectivity index is 2.33. The fraction of sp³-hybridized carbons (Fsp3) is 0.0625. The van der Waals surface area contributed by atoms with Crippen LogP contribution < -0.4 is 10.2 Å². The van der Waals surface area contributed by atoms with Crippen LogP contribution in [0.15, 0.2) is 63.8 Å². The van der Waals surface area contributed by atoms with E-state index in [1.54, 1.807) is 48.5 Å². The molecule has 0 N–H and O–H groups in total. The Morgan fingerprint density at radius 2 is 1.62 bits per heavy atom. The lowest BCUT2D eigenvalue weighted by molar-refractivity contribution is -0.0509. The van der Waals surface area contributed by atoms with E-state index in [-0.39, 0.29) is 11.1 Å². The molecule has 0 amide bonds. The van der Waals surface area contributed by atoms with Crippen LogP contribution >= 0.6 is 0 Å². The molecule has 3 rings (SSSR count). The predicted molar refractivity (Wildman–Crippen MR) is 74.6 cm³/mol.